The van der Waals surface area contributed by atoms with E-state index in [4.69, 9.17) is 20.6 Å². The fraction of sp³-hybridized carbons (Fsp3) is 0.185. The van der Waals surface area contributed by atoms with Crippen molar-refractivity contribution in [1.82, 2.24) is 0 Å². The summed E-state index contributed by atoms with van der Waals surface area (Å²) in [6.45, 7) is 0. The Kier molecular flexibility index (Phi) is 6.21. The highest BCUT2D eigenvalue weighted by molar-refractivity contribution is 6.07. The Morgan fingerprint density at radius 1 is 0.971 bits per heavy atom. The molecule has 0 atom stereocenters. The van der Waals surface area contributed by atoms with E-state index in [1.165, 1.54) is 7.11 Å². The first-order valence-electron chi connectivity index (χ1n) is 10.9. The molecule has 1 aliphatic carbocycles. The summed E-state index contributed by atoms with van der Waals surface area (Å²) in [7, 11) is 1.44. The van der Waals surface area contributed by atoms with Gasteiger partial charge in [0.15, 0.2) is 5.58 Å². The molecule has 0 aliphatic heterocycles. The zero-order valence-electron chi connectivity index (χ0n) is 18.7. The SMILES string of the molecule is COc1ccc2c(=O)c(-c3ccc(C4(N)CCC4)cc3)c(-c3ccccc3)oc2c1C(N)=O.Cl. The maximum absolute atomic E-state index is 13.8. The summed E-state index contributed by atoms with van der Waals surface area (Å²) >= 11 is 0. The van der Waals surface area contributed by atoms with E-state index in [0.717, 1.165) is 24.8 Å². The largest absolute Gasteiger partial charge is 0.496 e. The van der Waals surface area contributed by atoms with Gasteiger partial charge < -0.3 is 20.6 Å². The molecule has 0 bridgehead atoms. The Morgan fingerprint density at radius 2 is 1.65 bits per heavy atom. The minimum Gasteiger partial charge on any atom is -0.496 e. The second-order valence-corrected chi connectivity index (χ2v) is 8.47. The molecule has 1 fully saturated rings. The first kappa shape index (κ1) is 23.5. The number of carbonyl (C=O) groups excluding carboxylic acids is 1. The van der Waals surface area contributed by atoms with Crippen LogP contribution in [0.2, 0.25) is 0 Å². The minimum absolute atomic E-state index is 0. The van der Waals surface area contributed by atoms with Crippen molar-refractivity contribution < 1.29 is 13.9 Å². The molecule has 1 saturated carbocycles. The third-order valence-electron chi connectivity index (χ3n) is 6.52. The maximum Gasteiger partial charge on any atom is 0.256 e. The lowest BCUT2D eigenvalue weighted by molar-refractivity contribution is 0.0998. The molecule has 0 saturated heterocycles. The number of ether oxygens (including phenoxy) is 1. The van der Waals surface area contributed by atoms with Gasteiger partial charge in [-0.2, -0.15) is 0 Å². The number of primary amides is 1. The highest BCUT2D eigenvalue weighted by Gasteiger charge is 2.34. The van der Waals surface area contributed by atoms with Crippen molar-refractivity contribution >= 4 is 29.3 Å². The Hall–Kier alpha value is -3.61. The smallest absolute Gasteiger partial charge is 0.256 e. The summed E-state index contributed by atoms with van der Waals surface area (Å²) < 4.78 is 11.6. The molecule has 7 heteroatoms. The summed E-state index contributed by atoms with van der Waals surface area (Å²) in [4.78, 5) is 26.0. The predicted octanol–water partition coefficient (Wildman–Crippen LogP) is 4.99. The second-order valence-electron chi connectivity index (χ2n) is 8.47. The number of halogens is 1. The summed E-state index contributed by atoms with van der Waals surface area (Å²) in [6.07, 6.45) is 3.03. The molecule has 0 radical (unpaired) electrons. The van der Waals surface area contributed by atoms with Crippen molar-refractivity contribution in [1.29, 1.82) is 0 Å². The molecule has 6 nitrogen and oxygen atoms in total. The maximum atomic E-state index is 13.8. The lowest BCUT2D eigenvalue weighted by Gasteiger charge is -2.38. The van der Waals surface area contributed by atoms with E-state index >= 15 is 0 Å². The fourth-order valence-corrected chi connectivity index (χ4v) is 4.51. The monoisotopic (exact) mass is 476 g/mol. The number of methoxy groups -OCH3 is 1. The zero-order valence-corrected chi connectivity index (χ0v) is 19.5. The van der Waals surface area contributed by atoms with Gasteiger partial charge in [0.05, 0.1) is 18.1 Å². The number of rotatable bonds is 5. The van der Waals surface area contributed by atoms with Crippen LogP contribution < -0.4 is 21.6 Å². The van der Waals surface area contributed by atoms with Crippen molar-refractivity contribution in [3.05, 3.63) is 88.1 Å². The molecule has 1 heterocycles. The second kappa shape index (κ2) is 8.97. The first-order chi connectivity index (χ1) is 15.9. The molecule has 5 rings (SSSR count). The number of nitrogens with two attached hydrogens (primary N) is 2. The molecule has 3 aromatic carbocycles. The van der Waals surface area contributed by atoms with Gasteiger partial charge in [-0.25, -0.2) is 0 Å². The summed E-state index contributed by atoms with van der Waals surface area (Å²) in [5.41, 5.74) is 14.6. The van der Waals surface area contributed by atoms with E-state index in [1.54, 1.807) is 12.1 Å². The lowest BCUT2D eigenvalue weighted by Crippen LogP contribution is -2.43. The van der Waals surface area contributed by atoms with E-state index in [9.17, 15) is 9.59 Å². The van der Waals surface area contributed by atoms with E-state index in [-0.39, 0.29) is 45.7 Å². The Morgan fingerprint density at radius 3 is 2.21 bits per heavy atom. The Balaban J connectivity index is 0.00000274. The molecule has 1 aromatic heterocycles. The topological polar surface area (TPSA) is 109 Å². The normalized spacial score (nSPS) is 14.2. The van der Waals surface area contributed by atoms with Crippen LogP contribution in [0.5, 0.6) is 5.75 Å². The van der Waals surface area contributed by atoms with Gasteiger partial charge in [0.1, 0.15) is 17.1 Å². The third-order valence-corrected chi connectivity index (χ3v) is 6.52. The van der Waals surface area contributed by atoms with Crippen LogP contribution in [0.4, 0.5) is 0 Å². The molecule has 0 spiro atoms. The number of hydrogen-bond acceptors (Lipinski definition) is 5. The van der Waals surface area contributed by atoms with Crippen molar-refractivity contribution in [2.45, 2.75) is 24.8 Å². The molecule has 1 aliphatic rings. The molecular weight excluding hydrogens is 452 g/mol. The molecule has 0 unspecified atom stereocenters. The highest BCUT2D eigenvalue weighted by Crippen LogP contribution is 2.40. The fourth-order valence-electron chi connectivity index (χ4n) is 4.51. The van der Waals surface area contributed by atoms with Gasteiger partial charge in [-0.15, -0.1) is 12.4 Å². The molecule has 174 valence electrons. The van der Waals surface area contributed by atoms with Crippen LogP contribution in [-0.4, -0.2) is 13.0 Å². The van der Waals surface area contributed by atoms with Crippen LogP contribution in [-0.2, 0) is 5.54 Å². The number of amides is 1. The van der Waals surface area contributed by atoms with Gasteiger partial charge in [-0.1, -0.05) is 54.6 Å². The summed E-state index contributed by atoms with van der Waals surface area (Å²) in [6, 6.07) is 20.3. The van der Waals surface area contributed by atoms with Gasteiger partial charge >= 0.3 is 0 Å². The predicted molar refractivity (Wildman–Crippen MR) is 135 cm³/mol. The minimum atomic E-state index is -0.731. The van der Waals surface area contributed by atoms with E-state index in [0.29, 0.717) is 22.5 Å². The zero-order chi connectivity index (χ0) is 23.2. The van der Waals surface area contributed by atoms with Gasteiger partial charge in [-0.05, 0) is 42.5 Å². The Labute approximate surface area is 202 Å². The van der Waals surface area contributed by atoms with E-state index < -0.39 is 5.91 Å². The quantitative estimate of drug-likeness (QED) is 0.421. The van der Waals surface area contributed by atoms with Gasteiger partial charge in [-0.3, -0.25) is 9.59 Å². The summed E-state index contributed by atoms with van der Waals surface area (Å²) in [5, 5.41) is 0.262. The van der Waals surface area contributed by atoms with Crippen LogP contribution >= 0.6 is 12.4 Å². The Bertz CT molecular complexity index is 1430. The summed E-state index contributed by atoms with van der Waals surface area (Å²) in [5.74, 6) is -0.115. The lowest BCUT2D eigenvalue weighted by atomic mass is 9.72. The van der Waals surface area contributed by atoms with Crippen LogP contribution in [0.15, 0.2) is 75.9 Å². The number of hydrogen-bond donors (Lipinski definition) is 2. The van der Waals surface area contributed by atoms with Crippen molar-refractivity contribution in [2.75, 3.05) is 7.11 Å². The average molecular weight is 477 g/mol. The van der Waals surface area contributed by atoms with Crippen molar-refractivity contribution in [3.8, 4) is 28.2 Å². The standard InChI is InChI=1S/C27H24N2O4.ClH/c1-32-20-13-12-19-23(30)21(16-8-10-18(11-9-16)27(29)14-5-15-27)24(17-6-3-2-4-7-17)33-25(19)22(20)26(28)31;/h2-4,6-13H,5,14-15,29H2,1H3,(H2,28,31);1H. The average Bonchev–Trinajstić information content (AvgIpc) is 2.82. The number of carbonyl (C=O) groups is 1. The van der Waals surface area contributed by atoms with Gasteiger partial charge in [0.2, 0.25) is 5.43 Å². The first-order valence-corrected chi connectivity index (χ1v) is 10.9. The van der Waals surface area contributed by atoms with Crippen LogP contribution in [0.1, 0.15) is 35.2 Å². The molecule has 34 heavy (non-hydrogen) atoms. The molecular formula is C27H25ClN2O4. The van der Waals surface area contributed by atoms with Crippen LogP contribution in [0.25, 0.3) is 33.4 Å². The van der Waals surface area contributed by atoms with E-state index in [2.05, 4.69) is 0 Å². The van der Waals surface area contributed by atoms with Crippen LogP contribution in [0, 0.1) is 0 Å². The molecule has 1 amide bonds. The van der Waals surface area contributed by atoms with E-state index in [1.807, 2.05) is 54.6 Å². The number of fused-ring (bicyclic) bond motifs is 1. The van der Waals surface area contributed by atoms with Crippen molar-refractivity contribution in [3.63, 3.8) is 0 Å². The van der Waals surface area contributed by atoms with Crippen LogP contribution in [0.3, 0.4) is 0 Å². The van der Waals surface area contributed by atoms with Gasteiger partial charge in [0.25, 0.3) is 5.91 Å². The van der Waals surface area contributed by atoms with Crippen molar-refractivity contribution in [2.24, 2.45) is 11.5 Å². The molecule has 4 aromatic rings. The molecule has 4 N–H and O–H groups in total. The third kappa shape index (κ3) is 3.75. The highest BCUT2D eigenvalue weighted by atomic mass is 35.5. The number of benzene rings is 3. The van der Waals surface area contributed by atoms with Gasteiger partial charge in [0, 0.05) is 11.1 Å².